The van der Waals surface area contributed by atoms with E-state index in [1.807, 2.05) is 17.0 Å². The van der Waals surface area contributed by atoms with Crippen molar-refractivity contribution in [1.29, 1.82) is 5.41 Å². The maximum absolute atomic E-state index is 13.3. The van der Waals surface area contributed by atoms with Crippen LogP contribution in [0.2, 0.25) is 0 Å². The lowest BCUT2D eigenvalue weighted by molar-refractivity contribution is 0.0610. The molecule has 1 aromatic carbocycles. The molecule has 3 rings (SSSR count). The van der Waals surface area contributed by atoms with Gasteiger partial charge in [0.2, 0.25) is 0 Å². The van der Waals surface area contributed by atoms with Gasteiger partial charge < -0.3 is 15.4 Å². The molecule has 8 heteroatoms. The number of nitrogens with one attached hydrogen (secondary N) is 2. The van der Waals surface area contributed by atoms with E-state index in [0.717, 1.165) is 28.9 Å². The van der Waals surface area contributed by atoms with Crippen molar-refractivity contribution in [2.24, 2.45) is 5.10 Å². The van der Waals surface area contributed by atoms with Crippen molar-refractivity contribution in [3.63, 3.8) is 0 Å². The van der Waals surface area contributed by atoms with E-state index >= 15 is 0 Å². The second kappa shape index (κ2) is 8.84. The molecule has 154 valence electrons. The zero-order valence-corrected chi connectivity index (χ0v) is 17.7. The number of hydrogen-bond acceptors (Lipinski definition) is 7. The fourth-order valence-electron chi connectivity index (χ4n) is 3.42. The van der Waals surface area contributed by atoms with Crippen molar-refractivity contribution in [3.05, 3.63) is 45.9 Å². The zero-order valence-electron chi connectivity index (χ0n) is 16.9. The second-order valence-corrected chi connectivity index (χ2v) is 8.87. The number of carbonyl (C=O) groups excluding carboxylic acids is 1. The highest BCUT2D eigenvalue weighted by molar-refractivity contribution is 7.11. The molecule has 2 heterocycles. The first-order valence-corrected chi connectivity index (χ1v) is 10.5. The summed E-state index contributed by atoms with van der Waals surface area (Å²) in [5.74, 6) is 0.113. The van der Waals surface area contributed by atoms with Crippen LogP contribution in [0.25, 0.3) is 0 Å². The van der Waals surface area contributed by atoms with E-state index in [4.69, 9.17) is 5.41 Å². The predicted octanol–water partition coefficient (Wildman–Crippen LogP) is 3.83. The minimum atomic E-state index is -0.908. The summed E-state index contributed by atoms with van der Waals surface area (Å²) in [6.45, 7) is 6.18. The Morgan fingerprint density at radius 1 is 1.41 bits per heavy atom. The van der Waals surface area contributed by atoms with Gasteiger partial charge in [0.05, 0.1) is 33.0 Å². The normalized spacial score (nSPS) is 20.1. The summed E-state index contributed by atoms with van der Waals surface area (Å²) in [6, 6.07) is 7.40. The first kappa shape index (κ1) is 21.1. The highest BCUT2D eigenvalue weighted by atomic mass is 32.1. The van der Waals surface area contributed by atoms with Gasteiger partial charge in [-0.25, -0.2) is 4.98 Å². The number of hydrogen-bond donors (Lipinski definition) is 3. The molecule has 1 saturated heterocycles. The lowest BCUT2D eigenvalue weighted by atomic mass is 9.93. The molecule has 0 spiro atoms. The molecule has 2 aromatic rings. The Morgan fingerprint density at radius 3 is 2.86 bits per heavy atom. The molecule has 1 aliphatic rings. The molecule has 7 nitrogen and oxygen atoms in total. The van der Waals surface area contributed by atoms with Crippen molar-refractivity contribution < 1.29 is 9.90 Å². The average molecular weight is 414 g/mol. The molecule has 1 fully saturated rings. The Morgan fingerprint density at radius 2 is 2.17 bits per heavy atom. The topological polar surface area (TPSA) is 102 Å². The summed E-state index contributed by atoms with van der Waals surface area (Å²) >= 11 is 1.52. The smallest absolute Gasteiger partial charge is 0.256 e. The van der Waals surface area contributed by atoms with Gasteiger partial charge in [0.15, 0.2) is 0 Å². The molecule has 0 saturated carbocycles. The number of aromatic nitrogens is 1. The van der Waals surface area contributed by atoms with Gasteiger partial charge in [-0.3, -0.25) is 10.2 Å². The van der Waals surface area contributed by atoms with Crippen LogP contribution in [0.15, 0.2) is 35.6 Å². The maximum Gasteiger partial charge on any atom is 0.256 e. The van der Waals surface area contributed by atoms with Crippen molar-refractivity contribution >= 4 is 35.4 Å². The van der Waals surface area contributed by atoms with Gasteiger partial charge in [0.1, 0.15) is 0 Å². The molecule has 1 aliphatic heterocycles. The maximum atomic E-state index is 13.3. The standard InChI is InChI=1S/C21H27N5O2S/c1-14-8-9-15(19-23-12-18(29-19)21(2,3)28)13-26(14)20(27)16-6-4-5-7-17(16)25-24-11-10-22/h4-7,10-12,14-15,22,25,28H,8-9,13H2,1-3H3/b22-10?,24-11-/t14-,15?/m1/s1. The first-order chi connectivity index (χ1) is 13.8. The van der Waals surface area contributed by atoms with E-state index in [0.29, 0.717) is 17.8 Å². The fraction of sp³-hybridized carbons (Fsp3) is 0.429. The number of aliphatic hydroxyl groups is 1. The number of benzene rings is 1. The van der Waals surface area contributed by atoms with Crippen molar-refractivity contribution in [2.45, 2.75) is 51.2 Å². The monoisotopic (exact) mass is 413 g/mol. The molecular weight excluding hydrogens is 386 g/mol. The van der Waals surface area contributed by atoms with Crippen LogP contribution in [0, 0.1) is 5.41 Å². The third-order valence-electron chi connectivity index (χ3n) is 5.11. The highest BCUT2D eigenvalue weighted by Crippen LogP contribution is 2.36. The lowest BCUT2D eigenvalue weighted by Crippen LogP contribution is -2.45. The Bertz CT molecular complexity index is 902. The van der Waals surface area contributed by atoms with E-state index in [-0.39, 0.29) is 17.9 Å². The molecule has 0 radical (unpaired) electrons. The Kier molecular flexibility index (Phi) is 6.44. The summed E-state index contributed by atoms with van der Waals surface area (Å²) in [5.41, 5.74) is 3.11. The SMILES string of the molecule is C[C@@H]1CCC(c2ncc(C(C)(C)O)s2)CN1C(=O)c1ccccc1N/N=C\C=N. The number of rotatable bonds is 6. The zero-order chi connectivity index (χ0) is 21.0. The summed E-state index contributed by atoms with van der Waals surface area (Å²) in [4.78, 5) is 20.6. The first-order valence-electron chi connectivity index (χ1n) is 9.68. The van der Waals surface area contributed by atoms with Crippen LogP contribution in [-0.2, 0) is 5.60 Å². The van der Waals surface area contributed by atoms with E-state index in [9.17, 15) is 9.90 Å². The van der Waals surface area contributed by atoms with Crippen molar-refractivity contribution in [1.82, 2.24) is 9.88 Å². The van der Waals surface area contributed by atoms with Crippen LogP contribution < -0.4 is 5.43 Å². The van der Waals surface area contributed by atoms with Crippen LogP contribution in [-0.4, -0.2) is 45.9 Å². The minimum Gasteiger partial charge on any atom is -0.385 e. The van der Waals surface area contributed by atoms with Gasteiger partial charge in [0.25, 0.3) is 5.91 Å². The van der Waals surface area contributed by atoms with Gasteiger partial charge in [-0.2, -0.15) is 5.10 Å². The number of likely N-dealkylation sites (tertiary alicyclic amines) is 1. The van der Waals surface area contributed by atoms with Crippen molar-refractivity contribution in [3.8, 4) is 0 Å². The number of piperidine rings is 1. The number of carbonyl (C=O) groups is 1. The predicted molar refractivity (Wildman–Crippen MR) is 117 cm³/mol. The Hall–Kier alpha value is -2.58. The van der Waals surface area contributed by atoms with E-state index in [1.165, 1.54) is 17.6 Å². The second-order valence-electron chi connectivity index (χ2n) is 7.80. The van der Waals surface area contributed by atoms with E-state index < -0.39 is 5.60 Å². The summed E-state index contributed by atoms with van der Waals surface area (Å²) < 4.78 is 0. The van der Waals surface area contributed by atoms with Gasteiger partial charge in [0, 0.05) is 30.9 Å². The highest BCUT2D eigenvalue weighted by Gasteiger charge is 2.33. The number of para-hydroxylation sites is 1. The Labute approximate surface area is 175 Å². The molecule has 29 heavy (non-hydrogen) atoms. The third-order valence-corrected chi connectivity index (χ3v) is 6.58. The molecular formula is C21H27N5O2S. The molecule has 2 atom stereocenters. The number of amides is 1. The number of anilines is 1. The third kappa shape index (κ3) is 4.89. The van der Waals surface area contributed by atoms with Crippen LogP contribution >= 0.6 is 11.3 Å². The molecule has 1 unspecified atom stereocenters. The van der Waals surface area contributed by atoms with Gasteiger partial charge in [-0.05, 0) is 45.7 Å². The molecule has 1 aromatic heterocycles. The summed E-state index contributed by atoms with van der Waals surface area (Å²) in [5, 5.41) is 22.2. The summed E-state index contributed by atoms with van der Waals surface area (Å²) in [6.07, 6.45) is 6.00. The molecule has 0 aliphatic carbocycles. The number of nitrogens with zero attached hydrogens (tertiary/aromatic N) is 3. The minimum absolute atomic E-state index is 0.0466. The van der Waals surface area contributed by atoms with Crippen LogP contribution in [0.1, 0.15) is 59.8 Å². The largest absolute Gasteiger partial charge is 0.385 e. The molecule has 3 N–H and O–H groups in total. The van der Waals surface area contributed by atoms with Crippen LogP contribution in [0.5, 0.6) is 0 Å². The summed E-state index contributed by atoms with van der Waals surface area (Å²) in [7, 11) is 0. The number of hydrazone groups is 1. The van der Waals surface area contributed by atoms with E-state index in [1.54, 1.807) is 32.2 Å². The van der Waals surface area contributed by atoms with Crippen LogP contribution in [0.4, 0.5) is 5.69 Å². The average Bonchev–Trinajstić information content (AvgIpc) is 3.19. The van der Waals surface area contributed by atoms with E-state index in [2.05, 4.69) is 22.4 Å². The van der Waals surface area contributed by atoms with Gasteiger partial charge in [-0.1, -0.05) is 12.1 Å². The van der Waals surface area contributed by atoms with Gasteiger partial charge in [-0.15, -0.1) is 11.3 Å². The Balaban J connectivity index is 1.81. The van der Waals surface area contributed by atoms with Crippen LogP contribution in [0.3, 0.4) is 0 Å². The number of thiazole rings is 1. The molecule has 1 amide bonds. The van der Waals surface area contributed by atoms with Gasteiger partial charge >= 0.3 is 0 Å². The fourth-order valence-corrected chi connectivity index (χ4v) is 4.46. The quantitative estimate of drug-likeness (QED) is 0.495. The lowest BCUT2D eigenvalue weighted by Gasteiger charge is -2.37. The molecule has 0 bridgehead atoms. The van der Waals surface area contributed by atoms with Crippen molar-refractivity contribution in [2.75, 3.05) is 12.0 Å².